The average Bonchev–Trinajstić information content (AvgIpc) is 3.41. The Labute approximate surface area is 211 Å². The molecule has 0 bridgehead atoms. The molecule has 5 N–H and O–H groups in total. The minimum Gasteiger partial charge on any atom is -0.384 e. The smallest absolute Gasteiger partial charge is 0.214 e. The Hall–Kier alpha value is -2.12. The van der Waals surface area contributed by atoms with Crippen LogP contribution in [0, 0.1) is 28.6 Å². The fourth-order valence-corrected chi connectivity index (χ4v) is 4.11. The number of aromatic nitrogens is 2. The SMILES string of the molecule is CC(C)(C)C1CCN(c2cccc(N)n2)C1.CC(C)(C)C1CCNC1.Cl.Nc1cccc(F)n1. The van der Waals surface area contributed by atoms with Gasteiger partial charge in [0.1, 0.15) is 17.5 Å². The topological polar surface area (TPSA) is 93.1 Å². The molecule has 0 radical (unpaired) electrons. The first kappa shape index (κ1) is 29.9. The summed E-state index contributed by atoms with van der Waals surface area (Å²) in [6.07, 6.45) is 2.61. The van der Waals surface area contributed by atoms with Gasteiger partial charge >= 0.3 is 0 Å². The zero-order valence-corrected chi connectivity index (χ0v) is 22.5. The van der Waals surface area contributed by atoms with E-state index in [1.807, 2.05) is 18.2 Å². The number of nitrogen functional groups attached to an aromatic ring is 2. The zero-order valence-electron chi connectivity index (χ0n) is 21.6. The van der Waals surface area contributed by atoms with Crippen molar-refractivity contribution in [1.29, 1.82) is 0 Å². The molecule has 0 saturated carbocycles. The van der Waals surface area contributed by atoms with Crippen LogP contribution in [0.5, 0.6) is 0 Å². The van der Waals surface area contributed by atoms with E-state index in [1.54, 1.807) is 0 Å². The number of rotatable bonds is 1. The van der Waals surface area contributed by atoms with Gasteiger partial charge in [-0.05, 0) is 72.9 Å². The zero-order chi connectivity index (χ0) is 24.6. The van der Waals surface area contributed by atoms with Crippen molar-refractivity contribution in [1.82, 2.24) is 15.3 Å². The van der Waals surface area contributed by atoms with Gasteiger partial charge in [0, 0.05) is 13.1 Å². The molecule has 2 aromatic rings. The Kier molecular flexibility index (Phi) is 11.5. The second-order valence-corrected chi connectivity index (χ2v) is 11.2. The Morgan fingerprint density at radius 3 is 1.85 bits per heavy atom. The second kappa shape index (κ2) is 13.1. The second-order valence-electron chi connectivity index (χ2n) is 11.2. The Balaban J connectivity index is 0.000000274. The summed E-state index contributed by atoms with van der Waals surface area (Å²) >= 11 is 0. The number of hydrogen-bond donors (Lipinski definition) is 3. The van der Waals surface area contributed by atoms with Crippen LogP contribution in [0.2, 0.25) is 0 Å². The predicted molar refractivity (Wildman–Crippen MR) is 145 cm³/mol. The number of hydrogen-bond acceptors (Lipinski definition) is 6. The highest BCUT2D eigenvalue weighted by molar-refractivity contribution is 5.85. The summed E-state index contributed by atoms with van der Waals surface area (Å²) in [7, 11) is 0. The molecule has 2 aliphatic rings. The van der Waals surface area contributed by atoms with Crippen LogP contribution in [0.3, 0.4) is 0 Å². The van der Waals surface area contributed by atoms with Crippen molar-refractivity contribution in [3.63, 3.8) is 0 Å². The largest absolute Gasteiger partial charge is 0.384 e. The molecular weight excluding hydrogens is 451 g/mol. The maximum atomic E-state index is 12.0. The van der Waals surface area contributed by atoms with Crippen molar-refractivity contribution in [3.05, 3.63) is 42.3 Å². The van der Waals surface area contributed by atoms with E-state index in [9.17, 15) is 4.39 Å². The van der Waals surface area contributed by atoms with Crippen LogP contribution in [-0.2, 0) is 0 Å². The molecule has 2 saturated heterocycles. The first-order valence-corrected chi connectivity index (χ1v) is 11.9. The van der Waals surface area contributed by atoms with E-state index in [0.717, 1.165) is 30.7 Å². The maximum Gasteiger partial charge on any atom is 0.214 e. The summed E-state index contributed by atoms with van der Waals surface area (Å²) in [5, 5.41) is 3.38. The normalized spacial score (nSPS) is 19.9. The first-order valence-electron chi connectivity index (χ1n) is 11.9. The summed E-state index contributed by atoms with van der Waals surface area (Å²) in [5.74, 6) is 2.95. The van der Waals surface area contributed by atoms with Crippen LogP contribution < -0.4 is 21.7 Å². The van der Waals surface area contributed by atoms with Crippen molar-refractivity contribution in [3.8, 4) is 0 Å². The molecule has 8 heteroatoms. The Bertz CT molecular complexity index is 842. The molecule has 34 heavy (non-hydrogen) atoms. The molecule has 0 spiro atoms. The molecule has 192 valence electrons. The monoisotopic (exact) mass is 494 g/mol. The van der Waals surface area contributed by atoms with Crippen LogP contribution in [0.25, 0.3) is 0 Å². The minimum atomic E-state index is -0.537. The maximum absolute atomic E-state index is 12.0. The molecule has 2 atom stereocenters. The van der Waals surface area contributed by atoms with Crippen LogP contribution in [0.15, 0.2) is 36.4 Å². The van der Waals surface area contributed by atoms with Crippen molar-refractivity contribution in [2.24, 2.45) is 22.7 Å². The van der Waals surface area contributed by atoms with Gasteiger partial charge in [0.05, 0.1) is 0 Å². The van der Waals surface area contributed by atoms with Gasteiger partial charge in [0.15, 0.2) is 0 Å². The standard InChI is InChI=1S/C13H21N3.C8H17N.C5H5FN2.ClH/c1-13(2,3)10-7-8-16(9-10)12-6-4-5-11(14)15-12;1-8(2,3)7-4-5-9-6-7;6-4-2-1-3-5(7)8-4;/h4-6,10H,7-9H2,1-3H3,(H2,14,15);7,9H,4-6H2,1-3H3;1-3H,(H2,7,8);1H. The third-order valence-corrected chi connectivity index (χ3v) is 6.51. The highest BCUT2D eigenvalue weighted by atomic mass is 35.5. The average molecular weight is 495 g/mol. The van der Waals surface area contributed by atoms with Gasteiger partial charge in [-0.15, -0.1) is 12.4 Å². The van der Waals surface area contributed by atoms with E-state index in [4.69, 9.17) is 11.5 Å². The third-order valence-electron chi connectivity index (χ3n) is 6.51. The van der Waals surface area contributed by atoms with Gasteiger partial charge in [0.25, 0.3) is 0 Å². The lowest BCUT2D eigenvalue weighted by atomic mass is 9.80. The number of pyridine rings is 2. The lowest BCUT2D eigenvalue weighted by Crippen LogP contribution is -2.26. The molecule has 2 fully saturated rings. The fourth-order valence-electron chi connectivity index (χ4n) is 4.11. The van der Waals surface area contributed by atoms with E-state index < -0.39 is 5.95 Å². The summed E-state index contributed by atoms with van der Waals surface area (Å²) in [5.41, 5.74) is 11.7. The summed E-state index contributed by atoms with van der Waals surface area (Å²) in [4.78, 5) is 10.00. The van der Waals surface area contributed by atoms with Crippen LogP contribution in [0.1, 0.15) is 54.4 Å². The van der Waals surface area contributed by atoms with Gasteiger partial charge < -0.3 is 21.7 Å². The van der Waals surface area contributed by atoms with Crippen LogP contribution >= 0.6 is 12.4 Å². The Morgan fingerprint density at radius 1 is 0.882 bits per heavy atom. The molecule has 4 rings (SSSR count). The lowest BCUT2D eigenvalue weighted by molar-refractivity contribution is 0.261. The number of nitrogens with one attached hydrogen (secondary N) is 1. The molecular formula is C26H44ClFN6. The van der Waals surface area contributed by atoms with Gasteiger partial charge in [-0.3, -0.25) is 0 Å². The third kappa shape index (κ3) is 10.0. The van der Waals surface area contributed by atoms with E-state index in [1.165, 1.54) is 44.1 Å². The molecule has 0 aliphatic carbocycles. The van der Waals surface area contributed by atoms with E-state index in [2.05, 4.69) is 61.7 Å². The molecule has 2 aliphatic heterocycles. The molecule has 2 aromatic heterocycles. The van der Waals surface area contributed by atoms with E-state index >= 15 is 0 Å². The summed E-state index contributed by atoms with van der Waals surface area (Å²) in [6, 6.07) is 10.1. The van der Waals surface area contributed by atoms with Crippen molar-refractivity contribution in [2.75, 3.05) is 42.5 Å². The number of nitrogens with zero attached hydrogens (tertiary/aromatic N) is 3. The minimum absolute atomic E-state index is 0. The van der Waals surface area contributed by atoms with Gasteiger partial charge in [0.2, 0.25) is 5.95 Å². The highest BCUT2D eigenvalue weighted by Crippen LogP contribution is 2.35. The number of halogens is 2. The molecule has 6 nitrogen and oxygen atoms in total. The molecule has 2 unspecified atom stereocenters. The quantitative estimate of drug-likeness (QED) is 0.459. The molecule has 0 aromatic carbocycles. The van der Waals surface area contributed by atoms with Crippen molar-refractivity contribution >= 4 is 29.9 Å². The predicted octanol–water partition coefficient (Wildman–Crippen LogP) is 5.40. The first-order chi connectivity index (χ1) is 15.4. The number of anilines is 3. The lowest BCUT2D eigenvalue weighted by Gasteiger charge is -2.27. The van der Waals surface area contributed by atoms with E-state index in [-0.39, 0.29) is 18.2 Å². The fraction of sp³-hybridized carbons (Fsp3) is 0.615. The Morgan fingerprint density at radius 2 is 1.47 bits per heavy atom. The van der Waals surface area contributed by atoms with Crippen molar-refractivity contribution < 1.29 is 4.39 Å². The molecule has 4 heterocycles. The van der Waals surface area contributed by atoms with Gasteiger partial charge in [-0.25, -0.2) is 9.97 Å². The van der Waals surface area contributed by atoms with Gasteiger partial charge in [-0.1, -0.05) is 53.7 Å². The van der Waals surface area contributed by atoms with Gasteiger partial charge in [-0.2, -0.15) is 4.39 Å². The van der Waals surface area contributed by atoms with Crippen molar-refractivity contribution in [2.45, 2.75) is 54.4 Å². The summed E-state index contributed by atoms with van der Waals surface area (Å²) in [6.45, 7) is 18.6. The highest BCUT2D eigenvalue weighted by Gasteiger charge is 2.32. The van der Waals surface area contributed by atoms with Crippen LogP contribution in [-0.4, -0.2) is 36.1 Å². The van der Waals surface area contributed by atoms with E-state index in [0.29, 0.717) is 16.6 Å². The number of nitrogens with two attached hydrogens (primary N) is 2. The summed E-state index contributed by atoms with van der Waals surface area (Å²) < 4.78 is 12.0. The molecule has 0 amide bonds. The van der Waals surface area contributed by atoms with Crippen LogP contribution in [0.4, 0.5) is 21.8 Å².